The first-order valence-corrected chi connectivity index (χ1v) is 14.6. The smallest absolute Gasteiger partial charge is 0.389 e. The summed E-state index contributed by atoms with van der Waals surface area (Å²) in [6, 6.07) is 22.1. The fraction of sp³-hybridized carbons (Fsp3) is 0.154. The summed E-state index contributed by atoms with van der Waals surface area (Å²) in [7, 11) is 0. The van der Waals surface area contributed by atoms with Crippen LogP contribution in [0.5, 0.6) is 0 Å². The number of rotatable bonds is 5. The maximum absolute atomic E-state index is 12.7. The first-order valence-electron chi connectivity index (χ1n) is 11.4. The molecule has 0 spiro atoms. The number of benzene rings is 2. The fourth-order valence-electron chi connectivity index (χ4n) is 3.62. The summed E-state index contributed by atoms with van der Waals surface area (Å²) in [6.07, 6.45) is 0. The van der Waals surface area contributed by atoms with Gasteiger partial charge in [0, 0.05) is 46.0 Å². The number of thioether (sulfide) groups is 2. The number of nitrogens with zero attached hydrogens (tertiary/aromatic N) is 3. The number of thiazole rings is 2. The molecule has 0 radical (unpaired) electrons. The minimum Gasteiger partial charge on any atom is -0.389 e. The third kappa shape index (κ3) is 7.83. The number of anilines is 1. The molecule has 3 heterocycles. The maximum atomic E-state index is 12.7. The number of nitrogen functional groups attached to an aromatic ring is 1. The van der Waals surface area contributed by atoms with Gasteiger partial charge in [0.25, 0.3) is 0 Å². The summed E-state index contributed by atoms with van der Waals surface area (Å²) in [6.45, 7) is 3.86. The first kappa shape index (κ1) is 30.0. The van der Waals surface area contributed by atoms with Crippen molar-refractivity contribution in [1.29, 1.82) is 0 Å². The Bertz CT molecular complexity index is 1540. The van der Waals surface area contributed by atoms with E-state index >= 15 is 0 Å². The van der Waals surface area contributed by atoms with E-state index in [1.54, 1.807) is 24.3 Å². The fourth-order valence-corrected chi connectivity index (χ4v) is 7.22. The summed E-state index contributed by atoms with van der Waals surface area (Å²) in [5, 5.41) is 1.01. The van der Waals surface area contributed by atoms with Gasteiger partial charge in [-0.15, -0.1) is 0 Å². The van der Waals surface area contributed by atoms with Gasteiger partial charge in [0.2, 0.25) is 0 Å². The minimum absolute atomic E-state index is 0.00106. The lowest BCUT2D eigenvalue weighted by molar-refractivity contribution is -0.0337. The topological polar surface area (TPSA) is 56.7 Å². The molecule has 4 nitrogen and oxygen atoms in total. The molecule has 0 aliphatic heterocycles. The zero-order chi connectivity index (χ0) is 29.1. The van der Waals surface area contributed by atoms with E-state index in [-0.39, 0.29) is 32.2 Å². The predicted molar refractivity (Wildman–Crippen MR) is 152 cm³/mol. The Kier molecular flexibility index (Phi) is 9.22. The molecule has 40 heavy (non-hydrogen) atoms. The molecule has 2 N–H and O–H groups in total. The van der Waals surface area contributed by atoms with Crippen molar-refractivity contribution >= 4 is 51.2 Å². The Morgan fingerprint density at radius 3 is 1.55 bits per heavy atom. The van der Waals surface area contributed by atoms with Gasteiger partial charge in [0.05, 0.1) is 0 Å². The normalized spacial score (nSPS) is 11.8. The number of aryl methyl sites for hydroxylation is 2. The lowest BCUT2D eigenvalue weighted by atomic mass is 10.1. The van der Waals surface area contributed by atoms with Crippen LogP contribution in [0, 0.1) is 13.8 Å². The molecule has 210 valence electrons. The second-order valence-electron chi connectivity index (χ2n) is 8.11. The quantitative estimate of drug-likeness (QED) is 0.155. The van der Waals surface area contributed by atoms with Crippen molar-refractivity contribution in [2.24, 2.45) is 0 Å². The molecule has 0 aliphatic carbocycles. The summed E-state index contributed by atoms with van der Waals surface area (Å²) >= 11 is 1.50. The van der Waals surface area contributed by atoms with Crippen molar-refractivity contribution in [3.05, 3.63) is 84.2 Å². The number of aromatic nitrogens is 3. The van der Waals surface area contributed by atoms with Gasteiger partial charge in [-0.25, -0.2) is 9.97 Å². The van der Waals surface area contributed by atoms with Crippen molar-refractivity contribution in [2.45, 2.75) is 33.5 Å². The van der Waals surface area contributed by atoms with Gasteiger partial charge in [0.1, 0.15) is 21.4 Å². The lowest BCUT2D eigenvalue weighted by Crippen LogP contribution is -1.98. The molecule has 0 saturated carbocycles. The lowest BCUT2D eigenvalue weighted by Gasteiger charge is -2.08. The van der Waals surface area contributed by atoms with E-state index in [9.17, 15) is 26.3 Å². The number of hydrogen-bond donors (Lipinski definition) is 1. The molecule has 3 aromatic heterocycles. The van der Waals surface area contributed by atoms with Gasteiger partial charge < -0.3 is 10.3 Å². The molecule has 0 fully saturated rings. The van der Waals surface area contributed by atoms with E-state index in [0.29, 0.717) is 21.4 Å². The highest BCUT2D eigenvalue weighted by atomic mass is 32.2. The Hall–Kier alpha value is -2.94. The van der Waals surface area contributed by atoms with Crippen molar-refractivity contribution in [3.8, 4) is 27.5 Å². The third-order valence-electron chi connectivity index (χ3n) is 5.20. The van der Waals surface area contributed by atoms with Gasteiger partial charge in [-0.2, -0.15) is 26.3 Å². The molecule has 0 unspecified atom stereocenters. The van der Waals surface area contributed by atoms with Crippen LogP contribution in [-0.2, 0) is 0 Å². The second-order valence-corrected chi connectivity index (χ2v) is 12.7. The molecule has 14 heteroatoms. The number of alkyl halides is 6. The molecule has 5 rings (SSSR count). The van der Waals surface area contributed by atoms with E-state index < -0.39 is 11.0 Å². The van der Waals surface area contributed by atoms with Gasteiger partial charge in [-0.1, -0.05) is 83.3 Å². The van der Waals surface area contributed by atoms with Crippen LogP contribution in [0.1, 0.15) is 11.4 Å². The van der Waals surface area contributed by atoms with E-state index in [4.69, 9.17) is 5.73 Å². The number of nitrogens with two attached hydrogens (primary N) is 1. The van der Waals surface area contributed by atoms with Crippen molar-refractivity contribution in [2.75, 3.05) is 5.73 Å². The average Bonchev–Trinajstić information content (AvgIpc) is 3.54. The highest BCUT2D eigenvalue weighted by Crippen LogP contribution is 2.44. The Morgan fingerprint density at radius 1 is 0.650 bits per heavy atom. The molecular formula is C26H20F6N4S4. The monoisotopic (exact) mass is 630 g/mol. The maximum Gasteiger partial charge on any atom is 0.448 e. The highest BCUT2D eigenvalue weighted by Gasteiger charge is 2.33. The van der Waals surface area contributed by atoms with E-state index in [2.05, 4.69) is 9.97 Å². The molecule has 2 aromatic carbocycles. The molecular weight excluding hydrogens is 611 g/mol. The SMILES string of the molecule is Cc1ccc(C)n1-c1sc(SC(F)(F)F)nc1-c1ccccc1.Nc1sc(SC(F)(F)F)nc1-c1ccccc1. The average molecular weight is 631 g/mol. The van der Waals surface area contributed by atoms with Crippen LogP contribution in [0.25, 0.3) is 27.5 Å². The van der Waals surface area contributed by atoms with E-state index in [1.165, 1.54) is 0 Å². The van der Waals surface area contributed by atoms with Crippen LogP contribution in [0.3, 0.4) is 0 Å². The highest BCUT2D eigenvalue weighted by molar-refractivity contribution is 8.02. The number of hydrogen-bond acceptors (Lipinski definition) is 7. The van der Waals surface area contributed by atoms with Crippen molar-refractivity contribution < 1.29 is 26.3 Å². The Balaban J connectivity index is 0.000000194. The summed E-state index contributed by atoms with van der Waals surface area (Å²) in [5.74, 6) is 0. The van der Waals surface area contributed by atoms with Crippen LogP contribution >= 0.6 is 46.2 Å². The van der Waals surface area contributed by atoms with Gasteiger partial charge in [-0.05, 0) is 26.0 Å². The molecule has 0 bridgehead atoms. The van der Waals surface area contributed by atoms with Crippen LogP contribution in [-0.4, -0.2) is 25.6 Å². The molecule has 0 saturated heterocycles. The van der Waals surface area contributed by atoms with Gasteiger partial charge in [0.15, 0.2) is 8.68 Å². The van der Waals surface area contributed by atoms with E-state index in [0.717, 1.165) is 45.2 Å². The molecule has 0 aliphatic rings. The van der Waals surface area contributed by atoms with Crippen LogP contribution in [0.4, 0.5) is 31.3 Å². The van der Waals surface area contributed by atoms with Crippen LogP contribution in [0.2, 0.25) is 0 Å². The van der Waals surface area contributed by atoms with Crippen molar-refractivity contribution in [3.63, 3.8) is 0 Å². The zero-order valence-electron chi connectivity index (χ0n) is 20.7. The van der Waals surface area contributed by atoms with Gasteiger partial charge in [-0.3, -0.25) is 0 Å². The van der Waals surface area contributed by atoms with Crippen LogP contribution in [0.15, 0.2) is 81.5 Å². The standard InChI is InChI=1S/C16H13F3N2S2.C10H7F3N2S2/c1-10-8-9-11(2)21(10)14-13(12-6-4-3-5-7-12)20-15(22-14)23-16(17,18)19;11-10(12,13)17-9-15-7(8(14)16-9)6-4-2-1-3-5-6/h3-9H,1-2H3;1-5H,14H2. The van der Waals surface area contributed by atoms with E-state index in [1.807, 2.05) is 66.9 Å². The zero-order valence-corrected chi connectivity index (χ0v) is 24.0. The van der Waals surface area contributed by atoms with Gasteiger partial charge >= 0.3 is 11.0 Å². The first-order chi connectivity index (χ1) is 18.8. The molecule has 0 atom stereocenters. The largest absolute Gasteiger partial charge is 0.448 e. The summed E-state index contributed by atoms with van der Waals surface area (Å²) in [5.41, 5.74) is 1.42. The van der Waals surface area contributed by atoms with Crippen molar-refractivity contribution in [1.82, 2.24) is 14.5 Å². The number of halogens is 6. The Morgan fingerprint density at radius 2 is 1.07 bits per heavy atom. The molecule has 5 aromatic rings. The summed E-state index contributed by atoms with van der Waals surface area (Å²) < 4.78 is 76.5. The minimum atomic E-state index is -4.34. The second kappa shape index (κ2) is 12.3. The summed E-state index contributed by atoms with van der Waals surface area (Å²) in [4.78, 5) is 8.15. The van der Waals surface area contributed by atoms with Crippen LogP contribution < -0.4 is 5.73 Å². The molecule has 0 amide bonds. The third-order valence-corrected chi connectivity index (χ3v) is 8.71. The predicted octanol–water partition coefficient (Wildman–Crippen LogP) is 9.83. The Labute approximate surface area is 242 Å².